The van der Waals surface area contributed by atoms with Crippen molar-refractivity contribution in [2.75, 3.05) is 6.54 Å². The number of alkyl halides is 1. The molecule has 98 valence electrons. The molecule has 1 N–H and O–H groups in total. The maximum absolute atomic E-state index is 12.0. The number of benzene rings is 1. The van der Waals surface area contributed by atoms with Crippen molar-refractivity contribution in [2.45, 2.75) is 43.9 Å². The first-order chi connectivity index (χ1) is 8.70. The molecule has 0 spiro atoms. The number of carbonyl (C=O) groups is 1. The Balaban J connectivity index is 1.89. The number of hydrogen-bond acceptors (Lipinski definition) is 1. The molecule has 0 aromatic heterocycles. The molecule has 1 amide bonds. The molecule has 0 saturated carbocycles. The lowest BCUT2D eigenvalue weighted by molar-refractivity contribution is 0.0953. The number of nitrogens with one attached hydrogen (secondary N) is 1. The molecular weight excluding hydrogens is 290 g/mol. The largest absolute Gasteiger partial charge is 0.352 e. The van der Waals surface area contributed by atoms with Gasteiger partial charge in [-0.05, 0) is 55.4 Å². The third-order valence-corrected chi connectivity index (χ3v) is 4.65. The van der Waals surface area contributed by atoms with Gasteiger partial charge in [-0.3, -0.25) is 4.79 Å². The predicted octanol–water partition coefficient (Wildman–Crippen LogP) is 3.47. The third-order valence-electron chi connectivity index (χ3n) is 3.55. The second kappa shape index (κ2) is 6.37. The summed E-state index contributed by atoms with van der Waals surface area (Å²) < 4.78 is 0. The van der Waals surface area contributed by atoms with Crippen LogP contribution in [0.3, 0.4) is 0 Å². The van der Waals surface area contributed by atoms with E-state index < -0.39 is 0 Å². The summed E-state index contributed by atoms with van der Waals surface area (Å²) in [4.78, 5) is 12.5. The van der Waals surface area contributed by atoms with E-state index in [1.54, 1.807) is 0 Å². The van der Waals surface area contributed by atoms with Crippen molar-refractivity contribution in [2.24, 2.45) is 0 Å². The molecule has 0 fully saturated rings. The molecule has 0 aliphatic heterocycles. The summed E-state index contributed by atoms with van der Waals surface area (Å²) in [6.07, 6.45) is 5.58. The van der Waals surface area contributed by atoms with E-state index in [-0.39, 0.29) is 5.91 Å². The quantitative estimate of drug-likeness (QED) is 0.829. The Morgan fingerprint density at radius 2 is 2.17 bits per heavy atom. The standard InChI is InChI=1S/C15H20BrNO/c1-2-14(16)8-9-17-15(18)13-7-6-11-4-3-5-12(11)10-13/h6-7,10,14H,2-5,8-9H2,1H3,(H,17,18). The fourth-order valence-corrected chi connectivity index (χ4v) is 2.59. The van der Waals surface area contributed by atoms with Gasteiger partial charge in [0.1, 0.15) is 0 Å². The van der Waals surface area contributed by atoms with Crippen LogP contribution in [0.5, 0.6) is 0 Å². The second-order valence-corrected chi connectivity index (χ2v) is 6.18. The van der Waals surface area contributed by atoms with E-state index in [4.69, 9.17) is 0 Å². The predicted molar refractivity (Wildman–Crippen MR) is 78.4 cm³/mol. The molecule has 2 nitrogen and oxygen atoms in total. The van der Waals surface area contributed by atoms with Gasteiger partial charge in [-0.25, -0.2) is 0 Å². The van der Waals surface area contributed by atoms with Crippen LogP contribution in [0.2, 0.25) is 0 Å². The third kappa shape index (κ3) is 3.35. The average molecular weight is 310 g/mol. The number of fused-ring (bicyclic) bond motifs is 1. The van der Waals surface area contributed by atoms with Crippen LogP contribution in [0.15, 0.2) is 18.2 Å². The van der Waals surface area contributed by atoms with Gasteiger partial charge in [0.2, 0.25) is 0 Å². The lowest BCUT2D eigenvalue weighted by Gasteiger charge is -2.09. The molecule has 1 aliphatic carbocycles. The SMILES string of the molecule is CCC(Br)CCNC(=O)c1ccc2c(c1)CCC2. The minimum atomic E-state index is 0.0560. The normalized spacial score (nSPS) is 15.2. The van der Waals surface area contributed by atoms with Crippen LogP contribution >= 0.6 is 15.9 Å². The van der Waals surface area contributed by atoms with Crippen LogP contribution < -0.4 is 5.32 Å². The fourth-order valence-electron chi connectivity index (χ4n) is 2.36. The van der Waals surface area contributed by atoms with Crippen molar-refractivity contribution in [3.05, 3.63) is 34.9 Å². The smallest absolute Gasteiger partial charge is 0.251 e. The number of rotatable bonds is 5. The van der Waals surface area contributed by atoms with Gasteiger partial charge < -0.3 is 5.32 Å². The van der Waals surface area contributed by atoms with Crippen LogP contribution in [0.1, 0.15) is 47.7 Å². The molecule has 1 aliphatic rings. The highest BCUT2D eigenvalue weighted by molar-refractivity contribution is 9.09. The average Bonchev–Trinajstić information content (AvgIpc) is 2.85. The number of amides is 1. The number of aryl methyl sites for hydroxylation is 2. The van der Waals surface area contributed by atoms with Crippen LogP contribution in [0.4, 0.5) is 0 Å². The molecule has 0 bridgehead atoms. The number of halogens is 1. The van der Waals surface area contributed by atoms with Crippen LogP contribution in [0, 0.1) is 0 Å². The van der Waals surface area contributed by atoms with E-state index in [2.05, 4.69) is 40.3 Å². The summed E-state index contributed by atoms with van der Waals surface area (Å²) in [5, 5.41) is 2.99. The van der Waals surface area contributed by atoms with Crippen molar-refractivity contribution >= 4 is 21.8 Å². The highest BCUT2D eigenvalue weighted by Crippen LogP contribution is 2.22. The molecule has 18 heavy (non-hydrogen) atoms. The Labute approximate surface area is 117 Å². The Kier molecular flexibility index (Phi) is 4.81. The lowest BCUT2D eigenvalue weighted by Crippen LogP contribution is -2.26. The van der Waals surface area contributed by atoms with Crippen LogP contribution in [-0.4, -0.2) is 17.3 Å². The molecular formula is C15H20BrNO. The second-order valence-electron chi connectivity index (χ2n) is 4.89. The minimum Gasteiger partial charge on any atom is -0.352 e. The maximum atomic E-state index is 12.0. The minimum absolute atomic E-state index is 0.0560. The Bertz CT molecular complexity index is 431. The van der Waals surface area contributed by atoms with Crippen LogP contribution in [0.25, 0.3) is 0 Å². The van der Waals surface area contributed by atoms with E-state index in [0.29, 0.717) is 4.83 Å². The van der Waals surface area contributed by atoms with Crippen molar-refractivity contribution in [3.63, 3.8) is 0 Å². The zero-order valence-corrected chi connectivity index (χ0v) is 12.4. The van der Waals surface area contributed by atoms with Gasteiger partial charge in [0.15, 0.2) is 0 Å². The molecule has 3 heteroatoms. The van der Waals surface area contributed by atoms with Crippen molar-refractivity contribution in [1.29, 1.82) is 0 Å². The van der Waals surface area contributed by atoms with Crippen molar-refractivity contribution in [1.82, 2.24) is 5.32 Å². The highest BCUT2D eigenvalue weighted by atomic mass is 79.9. The summed E-state index contributed by atoms with van der Waals surface area (Å²) in [7, 11) is 0. The summed E-state index contributed by atoms with van der Waals surface area (Å²) in [5.74, 6) is 0.0560. The zero-order valence-electron chi connectivity index (χ0n) is 10.8. The summed E-state index contributed by atoms with van der Waals surface area (Å²) in [6.45, 7) is 2.88. The van der Waals surface area contributed by atoms with Crippen molar-refractivity contribution < 1.29 is 4.79 Å². The van der Waals surface area contributed by atoms with E-state index in [0.717, 1.165) is 31.4 Å². The molecule has 2 rings (SSSR count). The maximum Gasteiger partial charge on any atom is 0.251 e. The Hall–Kier alpha value is -0.830. The molecule has 1 aromatic rings. The van der Waals surface area contributed by atoms with Gasteiger partial charge in [-0.15, -0.1) is 0 Å². The summed E-state index contributed by atoms with van der Waals surface area (Å²) in [6, 6.07) is 6.12. The lowest BCUT2D eigenvalue weighted by atomic mass is 10.1. The van der Waals surface area contributed by atoms with Gasteiger partial charge in [0.25, 0.3) is 5.91 Å². The Morgan fingerprint density at radius 3 is 2.94 bits per heavy atom. The van der Waals surface area contributed by atoms with E-state index in [9.17, 15) is 4.79 Å². The molecule has 1 unspecified atom stereocenters. The summed E-state index contributed by atoms with van der Waals surface area (Å²) >= 11 is 3.57. The van der Waals surface area contributed by atoms with Gasteiger partial charge in [0.05, 0.1) is 0 Å². The number of carbonyl (C=O) groups excluding carboxylic acids is 1. The van der Waals surface area contributed by atoms with E-state index >= 15 is 0 Å². The van der Waals surface area contributed by atoms with Crippen LogP contribution in [-0.2, 0) is 12.8 Å². The molecule has 1 atom stereocenters. The first kappa shape index (κ1) is 13.6. The first-order valence-electron chi connectivity index (χ1n) is 6.74. The summed E-state index contributed by atoms with van der Waals surface area (Å²) in [5.41, 5.74) is 3.57. The van der Waals surface area contributed by atoms with E-state index in [1.165, 1.54) is 24.0 Å². The zero-order chi connectivity index (χ0) is 13.0. The topological polar surface area (TPSA) is 29.1 Å². The molecule has 1 aromatic carbocycles. The molecule has 0 saturated heterocycles. The molecule has 0 heterocycles. The van der Waals surface area contributed by atoms with Gasteiger partial charge in [-0.2, -0.15) is 0 Å². The first-order valence-corrected chi connectivity index (χ1v) is 7.66. The van der Waals surface area contributed by atoms with Gasteiger partial charge >= 0.3 is 0 Å². The highest BCUT2D eigenvalue weighted by Gasteiger charge is 2.13. The molecule has 0 radical (unpaired) electrons. The monoisotopic (exact) mass is 309 g/mol. The fraction of sp³-hybridized carbons (Fsp3) is 0.533. The van der Waals surface area contributed by atoms with E-state index in [1.807, 2.05) is 6.07 Å². The Morgan fingerprint density at radius 1 is 1.39 bits per heavy atom. The van der Waals surface area contributed by atoms with Gasteiger partial charge in [0, 0.05) is 16.9 Å². The van der Waals surface area contributed by atoms with Crippen molar-refractivity contribution in [3.8, 4) is 0 Å². The number of hydrogen-bond donors (Lipinski definition) is 1. The van der Waals surface area contributed by atoms with Gasteiger partial charge in [-0.1, -0.05) is 28.9 Å².